The van der Waals surface area contributed by atoms with Crippen LogP contribution in [0, 0.1) is 23.0 Å². The Labute approximate surface area is 104 Å². The van der Waals surface area contributed by atoms with Crippen LogP contribution in [0.2, 0.25) is 0 Å². The van der Waals surface area contributed by atoms with Crippen molar-refractivity contribution < 1.29 is 8.78 Å². The molecule has 0 radical (unpaired) electrons. The van der Waals surface area contributed by atoms with Gasteiger partial charge >= 0.3 is 0 Å². The summed E-state index contributed by atoms with van der Waals surface area (Å²) in [5.41, 5.74) is 1.55. The van der Waals surface area contributed by atoms with Gasteiger partial charge in [-0.2, -0.15) is 5.26 Å². The molecule has 18 heavy (non-hydrogen) atoms. The molecular formula is C15H11F2N. The van der Waals surface area contributed by atoms with Gasteiger partial charge in [0.05, 0.1) is 11.6 Å². The van der Waals surface area contributed by atoms with Gasteiger partial charge in [0.25, 0.3) is 0 Å². The van der Waals surface area contributed by atoms with Crippen LogP contribution < -0.4 is 0 Å². The molecule has 0 unspecified atom stereocenters. The maximum atomic E-state index is 13.4. The predicted molar refractivity (Wildman–Crippen MR) is 64.9 cm³/mol. The van der Waals surface area contributed by atoms with Crippen LogP contribution in [-0.4, -0.2) is 0 Å². The molecule has 0 bridgehead atoms. The summed E-state index contributed by atoms with van der Waals surface area (Å²) >= 11 is 0. The Balaban J connectivity index is 2.14. The highest BCUT2D eigenvalue weighted by Gasteiger charge is 2.08. The molecule has 0 aliphatic rings. The number of halogens is 2. The quantitative estimate of drug-likeness (QED) is 0.807. The molecule has 0 saturated heterocycles. The van der Waals surface area contributed by atoms with E-state index >= 15 is 0 Å². The number of nitriles is 1. The minimum absolute atomic E-state index is 0.0971. The molecule has 0 N–H and O–H groups in total. The first kappa shape index (κ1) is 12.3. The normalized spacial score (nSPS) is 10.1. The largest absolute Gasteiger partial charge is 0.207 e. The smallest absolute Gasteiger partial charge is 0.129 e. The summed E-state index contributed by atoms with van der Waals surface area (Å²) in [5.74, 6) is -1.04. The number of aryl methyl sites for hydroxylation is 1. The summed E-state index contributed by atoms with van der Waals surface area (Å²) in [6, 6.07) is 13.0. The third kappa shape index (κ3) is 2.72. The van der Waals surface area contributed by atoms with Crippen molar-refractivity contribution in [3.05, 3.63) is 70.8 Å². The number of hydrogen-bond acceptors (Lipinski definition) is 1. The Morgan fingerprint density at radius 2 is 1.61 bits per heavy atom. The molecule has 1 nitrogen and oxygen atoms in total. The molecule has 0 spiro atoms. The molecule has 0 aromatic heterocycles. The average molecular weight is 243 g/mol. The number of rotatable bonds is 3. The summed E-state index contributed by atoms with van der Waals surface area (Å²) in [6.07, 6.45) is 0.792. The van der Waals surface area contributed by atoms with Crippen molar-refractivity contribution in [3.63, 3.8) is 0 Å². The third-order valence-electron chi connectivity index (χ3n) is 2.78. The van der Waals surface area contributed by atoms with E-state index in [0.29, 0.717) is 12.0 Å². The van der Waals surface area contributed by atoms with Crippen molar-refractivity contribution in [2.45, 2.75) is 12.8 Å². The fourth-order valence-electron chi connectivity index (χ4n) is 1.84. The molecular weight excluding hydrogens is 232 g/mol. The van der Waals surface area contributed by atoms with Gasteiger partial charge in [-0.25, -0.2) is 8.78 Å². The standard InChI is InChI=1S/C15H11F2N/c16-14-5-2-6-15(17)13(14)8-7-11-3-1-4-12(9-11)10-18/h1-6,9H,7-8H2. The van der Waals surface area contributed by atoms with E-state index < -0.39 is 11.6 Å². The maximum Gasteiger partial charge on any atom is 0.129 e. The van der Waals surface area contributed by atoms with E-state index in [9.17, 15) is 8.78 Å². The first-order valence-corrected chi connectivity index (χ1v) is 5.62. The highest BCUT2D eigenvalue weighted by molar-refractivity contribution is 5.33. The van der Waals surface area contributed by atoms with Crippen molar-refractivity contribution in [1.82, 2.24) is 0 Å². The first-order chi connectivity index (χ1) is 8.70. The van der Waals surface area contributed by atoms with Gasteiger partial charge < -0.3 is 0 Å². The van der Waals surface area contributed by atoms with E-state index in [-0.39, 0.29) is 12.0 Å². The van der Waals surface area contributed by atoms with Crippen LogP contribution in [0.4, 0.5) is 8.78 Å². The molecule has 0 aliphatic heterocycles. The molecule has 3 heteroatoms. The van der Waals surface area contributed by atoms with E-state index in [1.807, 2.05) is 12.1 Å². The molecule has 0 amide bonds. The van der Waals surface area contributed by atoms with Crippen molar-refractivity contribution in [2.75, 3.05) is 0 Å². The lowest BCUT2D eigenvalue weighted by Crippen LogP contribution is -1.98. The molecule has 0 saturated carbocycles. The molecule has 0 atom stereocenters. The van der Waals surface area contributed by atoms with Crippen LogP contribution in [0.25, 0.3) is 0 Å². The lowest BCUT2D eigenvalue weighted by atomic mass is 10.0. The summed E-state index contributed by atoms with van der Waals surface area (Å²) in [5, 5.41) is 8.77. The number of nitrogens with zero attached hydrogens (tertiary/aromatic N) is 1. The van der Waals surface area contributed by atoms with E-state index in [1.165, 1.54) is 18.2 Å². The molecule has 0 aliphatic carbocycles. The molecule has 2 rings (SSSR count). The molecule has 2 aromatic carbocycles. The highest BCUT2D eigenvalue weighted by atomic mass is 19.1. The minimum atomic E-state index is -0.522. The van der Waals surface area contributed by atoms with Crippen molar-refractivity contribution in [2.24, 2.45) is 0 Å². The summed E-state index contributed by atoms with van der Waals surface area (Å²) in [4.78, 5) is 0. The Morgan fingerprint density at radius 3 is 2.28 bits per heavy atom. The van der Waals surface area contributed by atoms with Gasteiger partial charge in [-0.05, 0) is 42.7 Å². The third-order valence-corrected chi connectivity index (χ3v) is 2.78. The van der Waals surface area contributed by atoms with Gasteiger partial charge in [-0.3, -0.25) is 0 Å². The van der Waals surface area contributed by atoms with Gasteiger partial charge in [0.15, 0.2) is 0 Å². The van der Waals surface area contributed by atoms with Gasteiger partial charge in [-0.1, -0.05) is 18.2 Å². The fourth-order valence-corrected chi connectivity index (χ4v) is 1.84. The SMILES string of the molecule is N#Cc1cccc(CCc2c(F)cccc2F)c1. The second-order valence-electron chi connectivity index (χ2n) is 4.01. The highest BCUT2D eigenvalue weighted by Crippen LogP contribution is 2.15. The summed E-state index contributed by atoms with van der Waals surface area (Å²) in [6.45, 7) is 0. The summed E-state index contributed by atoms with van der Waals surface area (Å²) in [7, 11) is 0. The molecule has 0 fully saturated rings. The lowest BCUT2D eigenvalue weighted by Gasteiger charge is -2.05. The van der Waals surface area contributed by atoms with Crippen LogP contribution in [0.3, 0.4) is 0 Å². The molecule has 90 valence electrons. The predicted octanol–water partition coefficient (Wildman–Crippen LogP) is 3.62. The van der Waals surface area contributed by atoms with Gasteiger partial charge in [0, 0.05) is 5.56 Å². The van der Waals surface area contributed by atoms with Crippen molar-refractivity contribution >= 4 is 0 Å². The zero-order chi connectivity index (χ0) is 13.0. The second-order valence-corrected chi connectivity index (χ2v) is 4.01. The second kappa shape index (κ2) is 5.42. The maximum absolute atomic E-state index is 13.4. The first-order valence-electron chi connectivity index (χ1n) is 5.62. The van der Waals surface area contributed by atoms with Crippen molar-refractivity contribution in [1.29, 1.82) is 5.26 Å². The van der Waals surface area contributed by atoms with E-state index in [4.69, 9.17) is 5.26 Å². The van der Waals surface area contributed by atoms with Crippen LogP contribution >= 0.6 is 0 Å². The van der Waals surface area contributed by atoms with Crippen LogP contribution in [0.5, 0.6) is 0 Å². The van der Waals surface area contributed by atoms with Crippen LogP contribution in [0.1, 0.15) is 16.7 Å². The van der Waals surface area contributed by atoms with Crippen LogP contribution in [0.15, 0.2) is 42.5 Å². The van der Waals surface area contributed by atoms with Crippen LogP contribution in [-0.2, 0) is 12.8 Å². The Kier molecular flexibility index (Phi) is 3.69. The minimum Gasteiger partial charge on any atom is -0.207 e. The number of hydrogen-bond donors (Lipinski definition) is 0. The topological polar surface area (TPSA) is 23.8 Å². The number of benzene rings is 2. The van der Waals surface area contributed by atoms with Gasteiger partial charge in [0.1, 0.15) is 11.6 Å². The molecule has 0 heterocycles. The van der Waals surface area contributed by atoms with Gasteiger partial charge in [-0.15, -0.1) is 0 Å². The lowest BCUT2D eigenvalue weighted by molar-refractivity contribution is 0.554. The summed E-state index contributed by atoms with van der Waals surface area (Å²) < 4.78 is 26.8. The Hall–Kier alpha value is -2.21. The Bertz CT molecular complexity index is 579. The van der Waals surface area contributed by atoms with E-state index in [1.54, 1.807) is 18.2 Å². The Morgan fingerprint density at radius 1 is 0.944 bits per heavy atom. The monoisotopic (exact) mass is 243 g/mol. The van der Waals surface area contributed by atoms with E-state index in [0.717, 1.165) is 5.56 Å². The van der Waals surface area contributed by atoms with Gasteiger partial charge in [0.2, 0.25) is 0 Å². The zero-order valence-corrected chi connectivity index (χ0v) is 9.66. The zero-order valence-electron chi connectivity index (χ0n) is 9.66. The van der Waals surface area contributed by atoms with Crippen molar-refractivity contribution in [3.8, 4) is 6.07 Å². The fraction of sp³-hybridized carbons (Fsp3) is 0.133. The van der Waals surface area contributed by atoms with E-state index in [2.05, 4.69) is 0 Å². The average Bonchev–Trinajstić information content (AvgIpc) is 2.38. The molecule has 2 aromatic rings.